The van der Waals surface area contributed by atoms with Crippen LogP contribution in [0.2, 0.25) is 0 Å². The Morgan fingerprint density at radius 3 is 2.83 bits per heavy atom. The van der Waals surface area contributed by atoms with Crippen LogP contribution in [0, 0.1) is 0 Å². The van der Waals surface area contributed by atoms with Gasteiger partial charge in [0.25, 0.3) is 0 Å². The number of rotatable bonds is 3. The van der Waals surface area contributed by atoms with Gasteiger partial charge < -0.3 is 14.4 Å². The number of fused-ring (bicyclic) bond motifs is 1. The number of benzene rings is 1. The Balaban J connectivity index is 1.51. The number of ether oxygens (including phenoxy) is 2. The highest BCUT2D eigenvalue weighted by molar-refractivity contribution is 7.15. The Kier molecular flexibility index (Phi) is 4.23. The maximum Gasteiger partial charge on any atom is 0.185 e. The molecule has 0 saturated carbocycles. The predicted octanol–water partition coefficient (Wildman–Crippen LogP) is 3.61. The molecule has 23 heavy (non-hydrogen) atoms. The Morgan fingerprint density at radius 2 is 2.04 bits per heavy atom. The fourth-order valence-corrected chi connectivity index (χ4v) is 4.50. The molecular formula is C18H22N2O2S. The average Bonchev–Trinajstić information content (AvgIpc) is 3.06. The highest BCUT2D eigenvalue weighted by atomic mass is 32.1. The van der Waals surface area contributed by atoms with Gasteiger partial charge in [-0.2, -0.15) is 0 Å². The van der Waals surface area contributed by atoms with E-state index in [0.717, 1.165) is 31.9 Å². The van der Waals surface area contributed by atoms with Gasteiger partial charge >= 0.3 is 0 Å². The molecule has 4 nitrogen and oxygen atoms in total. The third kappa shape index (κ3) is 3.08. The van der Waals surface area contributed by atoms with Gasteiger partial charge in [-0.25, -0.2) is 4.98 Å². The number of thiazole rings is 1. The maximum atomic E-state index is 5.99. The van der Waals surface area contributed by atoms with E-state index in [2.05, 4.69) is 17.0 Å². The zero-order valence-corrected chi connectivity index (χ0v) is 14.3. The number of nitrogens with zero attached hydrogens (tertiary/aromatic N) is 2. The van der Waals surface area contributed by atoms with Crippen LogP contribution in [0.4, 0.5) is 5.13 Å². The first-order valence-corrected chi connectivity index (χ1v) is 9.14. The standard InChI is InChI=1S/C18H22N2O2S/c1-21-14-8-6-13(7-9-14)16-12-20(10-11-22-16)18-19-15-4-2-3-5-17(15)23-18/h6-9,16H,2-5,10-12H2,1H3. The van der Waals surface area contributed by atoms with Crippen molar-refractivity contribution in [2.45, 2.75) is 31.8 Å². The average molecular weight is 330 g/mol. The topological polar surface area (TPSA) is 34.6 Å². The predicted molar refractivity (Wildman–Crippen MR) is 92.7 cm³/mol. The molecule has 0 N–H and O–H groups in total. The molecule has 4 rings (SSSR count). The highest BCUT2D eigenvalue weighted by Crippen LogP contribution is 2.34. The Morgan fingerprint density at radius 1 is 1.22 bits per heavy atom. The van der Waals surface area contributed by atoms with Crippen LogP contribution in [0.3, 0.4) is 0 Å². The lowest BCUT2D eigenvalue weighted by atomic mass is 10.0. The summed E-state index contributed by atoms with van der Waals surface area (Å²) in [5, 5.41) is 1.18. The van der Waals surface area contributed by atoms with Crippen LogP contribution in [0.25, 0.3) is 0 Å². The summed E-state index contributed by atoms with van der Waals surface area (Å²) in [5.41, 5.74) is 2.54. The highest BCUT2D eigenvalue weighted by Gasteiger charge is 2.25. The second-order valence-electron chi connectivity index (χ2n) is 6.15. The quantitative estimate of drug-likeness (QED) is 0.861. The SMILES string of the molecule is COc1ccc(C2CN(c3nc4c(s3)CCCC4)CCO2)cc1. The molecular weight excluding hydrogens is 308 g/mol. The minimum atomic E-state index is 0.107. The second-order valence-corrected chi connectivity index (χ2v) is 7.21. The van der Waals surface area contributed by atoms with E-state index in [0.29, 0.717) is 0 Å². The van der Waals surface area contributed by atoms with Crippen molar-refractivity contribution in [1.29, 1.82) is 0 Å². The molecule has 1 aliphatic heterocycles. The number of hydrogen-bond acceptors (Lipinski definition) is 5. The van der Waals surface area contributed by atoms with Gasteiger partial charge in [-0.15, -0.1) is 11.3 Å². The van der Waals surface area contributed by atoms with E-state index < -0.39 is 0 Å². The van der Waals surface area contributed by atoms with Gasteiger partial charge in [-0.3, -0.25) is 0 Å². The fraction of sp³-hybridized carbons (Fsp3) is 0.500. The van der Waals surface area contributed by atoms with Crippen molar-refractivity contribution in [2.24, 2.45) is 0 Å². The molecule has 1 saturated heterocycles. The van der Waals surface area contributed by atoms with Crippen molar-refractivity contribution in [1.82, 2.24) is 4.98 Å². The van der Waals surface area contributed by atoms with Crippen molar-refractivity contribution < 1.29 is 9.47 Å². The zero-order valence-electron chi connectivity index (χ0n) is 13.5. The van der Waals surface area contributed by atoms with Crippen LogP contribution in [0.5, 0.6) is 5.75 Å². The largest absolute Gasteiger partial charge is 0.497 e. The molecule has 1 unspecified atom stereocenters. The third-order valence-corrected chi connectivity index (χ3v) is 5.88. The van der Waals surface area contributed by atoms with Crippen LogP contribution < -0.4 is 9.64 Å². The second kappa shape index (κ2) is 6.49. The van der Waals surface area contributed by atoms with E-state index >= 15 is 0 Å². The number of anilines is 1. The Hall–Kier alpha value is -1.59. The van der Waals surface area contributed by atoms with Crippen LogP contribution >= 0.6 is 11.3 Å². The molecule has 0 spiro atoms. The number of morpholine rings is 1. The molecule has 1 atom stereocenters. The molecule has 122 valence electrons. The van der Waals surface area contributed by atoms with Gasteiger partial charge in [-0.1, -0.05) is 12.1 Å². The lowest BCUT2D eigenvalue weighted by Gasteiger charge is -2.33. The lowest BCUT2D eigenvalue weighted by molar-refractivity contribution is 0.0397. The minimum Gasteiger partial charge on any atom is -0.497 e. The monoisotopic (exact) mass is 330 g/mol. The molecule has 0 amide bonds. The first-order chi connectivity index (χ1) is 11.3. The first kappa shape index (κ1) is 15.0. The molecule has 0 radical (unpaired) electrons. The summed E-state index contributed by atoms with van der Waals surface area (Å²) in [6, 6.07) is 8.19. The fourth-order valence-electron chi connectivity index (χ4n) is 3.32. The molecule has 2 aliphatic rings. The molecule has 1 aromatic heterocycles. The van der Waals surface area contributed by atoms with Gasteiger partial charge in [0.05, 0.1) is 26.0 Å². The molecule has 1 fully saturated rings. The molecule has 0 bridgehead atoms. The number of methoxy groups -OCH3 is 1. The summed E-state index contributed by atoms with van der Waals surface area (Å²) >= 11 is 1.88. The number of hydrogen-bond donors (Lipinski definition) is 0. The van der Waals surface area contributed by atoms with E-state index in [4.69, 9.17) is 14.5 Å². The summed E-state index contributed by atoms with van der Waals surface area (Å²) in [7, 11) is 1.69. The molecule has 5 heteroatoms. The Labute approximate surface area is 141 Å². The van der Waals surface area contributed by atoms with Crippen molar-refractivity contribution in [3.63, 3.8) is 0 Å². The van der Waals surface area contributed by atoms with Crippen molar-refractivity contribution >= 4 is 16.5 Å². The molecule has 1 aliphatic carbocycles. The van der Waals surface area contributed by atoms with Crippen molar-refractivity contribution in [3.05, 3.63) is 40.4 Å². The molecule has 2 heterocycles. The number of aromatic nitrogens is 1. The molecule has 1 aromatic carbocycles. The summed E-state index contributed by atoms with van der Waals surface area (Å²) in [4.78, 5) is 8.79. The normalized spacial score (nSPS) is 21.1. The third-order valence-electron chi connectivity index (χ3n) is 4.66. The smallest absolute Gasteiger partial charge is 0.185 e. The van der Waals surface area contributed by atoms with Crippen LogP contribution in [0.15, 0.2) is 24.3 Å². The van der Waals surface area contributed by atoms with Gasteiger partial charge in [0.1, 0.15) is 11.9 Å². The van der Waals surface area contributed by atoms with Gasteiger partial charge in [0.15, 0.2) is 5.13 Å². The number of aryl methyl sites for hydroxylation is 2. The first-order valence-electron chi connectivity index (χ1n) is 8.32. The summed E-state index contributed by atoms with van der Waals surface area (Å²) in [6.45, 7) is 2.55. The van der Waals surface area contributed by atoms with Crippen LogP contribution in [-0.2, 0) is 17.6 Å². The van der Waals surface area contributed by atoms with E-state index in [-0.39, 0.29) is 6.10 Å². The van der Waals surface area contributed by atoms with E-state index in [9.17, 15) is 0 Å². The molecule has 2 aromatic rings. The summed E-state index contributed by atoms with van der Waals surface area (Å²) in [6.07, 6.45) is 5.06. The Bertz CT molecular complexity index is 645. The van der Waals surface area contributed by atoms with Crippen LogP contribution in [0.1, 0.15) is 35.1 Å². The maximum absolute atomic E-state index is 5.99. The van der Waals surface area contributed by atoms with Crippen LogP contribution in [-0.4, -0.2) is 31.8 Å². The van der Waals surface area contributed by atoms with Gasteiger partial charge in [0, 0.05) is 11.4 Å². The summed E-state index contributed by atoms with van der Waals surface area (Å²) < 4.78 is 11.2. The zero-order chi connectivity index (χ0) is 15.6. The van der Waals surface area contributed by atoms with E-state index in [1.165, 1.54) is 40.5 Å². The van der Waals surface area contributed by atoms with Gasteiger partial charge in [-0.05, 0) is 43.4 Å². The van der Waals surface area contributed by atoms with Gasteiger partial charge in [0.2, 0.25) is 0 Å². The van der Waals surface area contributed by atoms with E-state index in [1.807, 2.05) is 23.5 Å². The van der Waals surface area contributed by atoms with E-state index in [1.54, 1.807) is 7.11 Å². The minimum absolute atomic E-state index is 0.107. The van der Waals surface area contributed by atoms with Crippen molar-refractivity contribution in [3.8, 4) is 5.75 Å². The van der Waals surface area contributed by atoms with Crippen molar-refractivity contribution in [2.75, 3.05) is 31.7 Å². The summed E-state index contributed by atoms with van der Waals surface area (Å²) in [5.74, 6) is 0.883. The lowest BCUT2D eigenvalue weighted by Crippen LogP contribution is -2.38.